The predicted octanol–water partition coefficient (Wildman–Crippen LogP) is -0.109. The number of ether oxygens (including phenoxy) is 1. The van der Waals surface area contributed by atoms with Crippen molar-refractivity contribution in [2.24, 2.45) is 5.92 Å². The molecule has 2 fully saturated rings. The van der Waals surface area contributed by atoms with Crippen LogP contribution in [0.4, 0.5) is 0 Å². The quantitative estimate of drug-likeness (QED) is 0.651. The summed E-state index contributed by atoms with van der Waals surface area (Å²) in [7, 11) is 0. The number of carbonyl (C=O) groups is 1. The standard InChI is InChI=1S/C10H18N2O2/c13-10(8-3-6-14-7-8)12-9-1-4-11-5-2-9/h8-9,11H,1-7H2,(H,12,13)/t8-/m1/s1. The van der Waals surface area contributed by atoms with Gasteiger partial charge in [-0.05, 0) is 32.4 Å². The number of hydrogen-bond donors (Lipinski definition) is 2. The molecule has 4 nitrogen and oxygen atoms in total. The zero-order valence-corrected chi connectivity index (χ0v) is 8.42. The fourth-order valence-corrected chi connectivity index (χ4v) is 2.03. The lowest BCUT2D eigenvalue weighted by molar-refractivity contribution is -0.125. The normalized spacial score (nSPS) is 29.0. The maximum absolute atomic E-state index is 11.7. The van der Waals surface area contributed by atoms with E-state index in [0.29, 0.717) is 12.6 Å². The zero-order valence-electron chi connectivity index (χ0n) is 8.42. The lowest BCUT2D eigenvalue weighted by Gasteiger charge is -2.24. The fourth-order valence-electron chi connectivity index (χ4n) is 2.03. The molecule has 0 spiro atoms. The van der Waals surface area contributed by atoms with Crippen LogP contribution in [0.2, 0.25) is 0 Å². The maximum atomic E-state index is 11.7. The Bertz CT molecular complexity index is 196. The molecule has 0 aromatic rings. The Morgan fingerprint density at radius 2 is 2.07 bits per heavy atom. The third-order valence-electron chi connectivity index (χ3n) is 2.99. The van der Waals surface area contributed by atoms with Crippen LogP contribution in [-0.4, -0.2) is 38.3 Å². The molecule has 0 aromatic heterocycles. The van der Waals surface area contributed by atoms with Crippen molar-refractivity contribution in [3.05, 3.63) is 0 Å². The minimum Gasteiger partial charge on any atom is -0.381 e. The summed E-state index contributed by atoms with van der Waals surface area (Å²) in [5, 5.41) is 6.38. The smallest absolute Gasteiger partial charge is 0.225 e. The van der Waals surface area contributed by atoms with Crippen molar-refractivity contribution >= 4 is 5.91 Å². The van der Waals surface area contributed by atoms with Gasteiger partial charge in [-0.25, -0.2) is 0 Å². The molecule has 2 aliphatic heterocycles. The van der Waals surface area contributed by atoms with Crippen molar-refractivity contribution in [3.8, 4) is 0 Å². The molecule has 0 bridgehead atoms. The van der Waals surface area contributed by atoms with E-state index in [1.807, 2.05) is 0 Å². The lowest BCUT2D eigenvalue weighted by atomic mass is 10.0. The van der Waals surface area contributed by atoms with E-state index in [1.165, 1.54) is 0 Å². The molecular formula is C10H18N2O2. The molecule has 4 heteroatoms. The average molecular weight is 198 g/mol. The van der Waals surface area contributed by atoms with Crippen molar-refractivity contribution in [1.82, 2.24) is 10.6 Å². The number of nitrogens with one attached hydrogen (secondary N) is 2. The summed E-state index contributed by atoms with van der Waals surface area (Å²) in [5.41, 5.74) is 0. The Labute approximate surface area is 84.4 Å². The summed E-state index contributed by atoms with van der Waals surface area (Å²) < 4.78 is 5.19. The summed E-state index contributed by atoms with van der Waals surface area (Å²) in [4.78, 5) is 11.7. The summed E-state index contributed by atoms with van der Waals surface area (Å²) in [6.45, 7) is 3.39. The second kappa shape index (κ2) is 4.75. The van der Waals surface area contributed by atoms with Crippen LogP contribution in [-0.2, 0) is 9.53 Å². The number of amides is 1. The van der Waals surface area contributed by atoms with Gasteiger partial charge in [0.25, 0.3) is 0 Å². The van der Waals surface area contributed by atoms with Crippen molar-refractivity contribution in [2.45, 2.75) is 25.3 Å². The van der Waals surface area contributed by atoms with Gasteiger partial charge in [-0.3, -0.25) is 4.79 Å². The molecule has 2 saturated heterocycles. The number of hydrogen-bond acceptors (Lipinski definition) is 3. The molecular weight excluding hydrogens is 180 g/mol. The molecule has 0 aromatic carbocycles. The van der Waals surface area contributed by atoms with Crippen LogP contribution in [0.25, 0.3) is 0 Å². The van der Waals surface area contributed by atoms with E-state index in [2.05, 4.69) is 10.6 Å². The minimum atomic E-state index is 0.102. The van der Waals surface area contributed by atoms with Crippen molar-refractivity contribution in [2.75, 3.05) is 26.3 Å². The molecule has 14 heavy (non-hydrogen) atoms. The van der Waals surface area contributed by atoms with Crippen molar-refractivity contribution < 1.29 is 9.53 Å². The largest absolute Gasteiger partial charge is 0.381 e. The van der Waals surface area contributed by atoms with Crippen LogP contribution in [0.3, 0.4) is 0 Å². The van der Waals surface area contributed by atoms with Gasteiger partial charge in [-0.1, -0.05) is 0 Å². The van der Waals surface area contributed by atoms with Crippen LogP contribution < -0.4 is 10.6 Å². The molecule has 1 amide bonds. The first-order valence-electron chi connectivity index (χ1n) is 5.45. The van der Waals surface area contributed by atoms with Crippen LogP contribution in [0, 0.1) is 5.92 Å². The SMILES string of the molecule is O=C(NC1CCNCC1)[C@@H]1CCOC1. The first-order valence-corrected chi connectivity index (χ1v) is 5.45. The topological polar surface area (TPSA) is 50.4 Å². The number of carbonyl (C=O) groups excluding carboxylic acids is 1. The third kappa shape index (κ3) is 2.45. The molecule has 2 aliphatic rings. The van der Waals surface area contributed by atoms with Crippen LogP contribution in [0.5, 0.6) is 0 Å². The van der Waals surface area contributed by atoms with Gasteiger partial charge < -0.3 is 15.4 Å². The Morgan fingerprint density at radius 1 is 1.29 bits per heavy atom. The highest BCUT2D eigenvalue weighted by molar-refractivity contribution is 5.79. The highest BCUT2D eigenvalue weighted by atomic mass is 16.5. The molecule has 2 rings (SSSR count). The van der Waals surface area contributed by atoms with Crippen molar-refractivity contribution in [3.63, 3.8) is 0 Å². The van der Waals surface area contributed by atoms with Gasteiger partial charge in [0.2, 0.25) is 5.91 Å². The highest BCUT2D eigenvalue weighted by Crippen LogP contribution is 2.13. The van der Waals surface area contributed by atoms with E-state index in [9.17, 15) is 4.79 Å². The summed E-state index contributed by atoms with van der Waals surface area (Å²) in [6.07, 6.45) is 3.00. The zero-order chi connectivity index (χ0) is 9.80. The molecule has 2 N–H and O–H groups in total. The maximum Gasteiger partial charge on any atom is 0.225 e. The summed E-state index contributed by atoms with van der Waals surface area (Å²) in [5.74, 6) is 0.291. The Balaban J connectivity index is 1.75. The van der Waals surface area contributed by atoms with Crippen LogP contribution >= 0.6 is 0 Å². The van der Waals surface area contributed by atoms with Gasteiger partial charge in [-0.15, -0.1) is 0 Å². The second-order valence-corrected chi connectivity index (χ2v) is 4.09. The van der Waals surface area contributed by atoms with Gasteiger partial charge in [0.05, 0.1) is 12.5 Å². The first-order chi connectivity index (χ1) is 6.86. The van der Waals surface area contributed by atoms with Gasteiger partial charge in [0, 0.05) is 12.6 Å². The van der Waals surface area contributed by atoms with E-state index in [0.717, 1.165) is 39.0 Å². The Morgan fingerprint density at radius 3 is 2.71 bits per heavy atom. The van der Waals surface area contributed by atoms with Crippen LogP contribution in [0.1, 0.15) is 19.3 Å². The van der Waals surface area contributed by atoms with Gasteiger partial charge in [0.1, 0.15) is 0 Å². The second-order valence-electron chi connectivity index (χ2n) is 4.09. The summed E-state index contributed by atoms with van der Waals surface area (Å²) >= 11 is 0. The van der Waals surface area contributed by atoms with Gasteiger partial charge >= 0.3 is 0 Å². The van der Waals surface area contributed by atoms with E-state index >= 15 is 0 Å². The third-order valence-corrected chi connectivity index (χ3v) is 2.99. The molecule has 1 atom stereocenters. The van der Waals surface area contributed by atoms with E-state index in [1.54, 1.807) is 0 Å². The monoisotopic (exact) mass is 198 g/mol. The molecule has 2 heterocycles. The lowest BCUT2D eigenvalue weighted by Crippen LogP contribution is -2.45. The van der Waals surface area contributed by atoms with Gasteiger partial charge in [-0.2, -0.15) is 0 Å². The summed E-state index contributed by atoms with van der Waals surface area (Å²) in [6, 6.07) is 0.379. The first kappa shape index (κ1) is 9.93. The number of piperidine rings is 1. The van der Waals surface area contributed by atoms with Crippen molar-refractivity contribution in [1.29, 1.82) is 0 Å². The minimum absolute atomic E-state index is 0.102. The Kier molecular flexibility index (Phi) is 3.37. The van der Waals surface area contributed by atoms with E-state index in [-0.39, 0.29) is 11.8 Å². The highest BCUT2D eigenvalue weighted by Gasteiger charge is 2.25. The molecule has 0 aliphatic carbocycles. The Hall–Kier alpha value is -0.610. The molecule has 80 valence electrons. The van der Waals surface area contributed by atoms with E-state index in [4.69, 9.17) is 4.74 Å². The van der Waals surface area contributed by atoms with Gasteiger partial charge in [0.15, 0.2) is 0 Å². The predicted molar refractivity (Wildman–Crippen MR) is 53.0 cm³/mol. The molecule has 0 saturated carbocycles. The fraction of sp³-hybridized carbons (Fsp3) is 0.900. The average Bonchev–Trinajstić information content (AvgIpc) is 2.72. The van der Waals surface area contributed by atoms with E-state index < -0.39 is 0 Å². The molecule has 0 radical (unpaired) electrons. The van der Waals surface area contributed by atoms with Crippen LogP contribution in [0.15, 0.2) is 0 Å². The molecule has 0 unspecified atom stereocenters. The number of rotatable bonds is 2.